The van der Waals surface area contributed by atoms with Crippen molar-refractivity contribution in [3.8, 4) is 0 Å². The van der Waals surface area contributed by atoms with E-state index in [4.69, 9.17) is 4.74 Å². The molecule has 0 bridgehead atoms. The molecule has 1 fully saturated rings. The summed E-state index contributed by atoms with van der Waals surface area (Å²) in [4.78, 5) is 2.26. The Morgan fingerprint density at radius 1 is 1.32 bits per heavy atom. The molecule has 1 heterocycles. The molecule has 1 aliphatic rings. The highest BCUT2D eigenvalue weighted by molar-refractivity contribution is 4.85. The summed E-state index contributed by atoms with van der Waals surface area (Å²) in [5.74, 6) is 0. The highest BCUT2D eigenvalue weighted by atomic mass is 19.4. The van der Waals surface area contributed by atoms with Crippen LogP contribution in [0.25, 0.3) is 0 Å². The summed E-state index contributed by atoms with van der Waals surface area (Å²) >= 11 is 0. The third-order valence-electron chi connectivity index (χ3n) is 3.51. The van der Waals surface area contributed by atoms with Gasteiger partial charge >= 0.3 is 6.18 Å². The summed E-state index contributed by atoms with van der Waals surface area (Å²) in [5.41, 5.74) is 0. The molecule has 3 nitrogen and oxygen atoms in total. The Kier molecular flexibility index (Phi) is 7.10. The first kappa shape index (κ1) is 16.7. The Morgan fingerprint density at radius 3 is 2.63 bits per heavy atom. The number of alkyl halides is 3. The predicted octanol–water partition coefficient (Wildman–Crippen LogP) is 2.42. The van der Waals surface area contributed by atoms with Crippen LogP contribution >= 0.6 is 0 Å². The molecular weight excluding hydrogens is 257 g/mol. The molecule has 114 valence electrons. The van der Waals surface area contributed by atoms with Gasteiger partial charge in [0.15, 0.2) is 0 Å². The Balaban J connectivity index is 2.30. The molecule has 0 aromatic heterocycles. The van der Waals surface area contributed by atoms with Gasteiger partial charge in [-0.3, -0.25) is 4.90 Å². The van der Waals surface area contributed by atoms with Crippen molar-refractivity contribution in [1.82, 2.24) is 10.2 Å². The first-order valence-electron chi connectivity index (χ1n) is 7.08. The minimum Gasteiger partial charge on any atom is -0.371 e. The van der Waals surface area contributed by atoms with Gasteiger partial charge in [-0.15, -0.1) is 0 Å². The topological polar surface area (TPSA) is 24.5 Å². The summed E-state index contributed by atoms with van der Waals surface area (Å²) < 4.78 is 40.6. The number of hydrogen-bond acceptors (Lipinski definition) is 3. The van der Waals surface area contributed by atoms with E-state index in [-0.39, 0.29) is 6.61 Å². The van der Waals surface area contributed by atoms with Crippen LogP contribution in [0.2, 0.25) is 0 Å². The summed E-state index contributed by atoms with van der Waals surface area (Å²) in [7, 11) is 0. The van der Waals surface area contributed by atoms with Gasteiger partial charge in [0.05, 0.1) is 6.61 Å². The van der Waals surface area contributed by atoms with Crippen LogP contribution in [-0.2, 0) is 4.74 Å². The van der Waals surface area contributed by atoms with Gasteiger partial charge in [0.25, 0.3) is 0 Å². The monoisotopic (exact) mass is 282 g/mol. The van der Waals surface area contributed by atoms with Crippen LogP contribution in [0.15, 0.2) is 0 Å². The van der Waals surface area contributed by atoms with Gasteiger partial charge in [-0.2, -0.15) is 13.2 Å². The molecule has 0 radical (unpaired) electrons. The maximum atomic E-state index is 12.0. The molecule has 19 heavy (non-hydrogen) atoms. The summed E-state index contributed by atoms with van der Waals surface area (Å²) in [6, 6.07) is 0.859. The molecule has 1 aliphatic heterocycles. The predicted molar refractivity (Wildman–Crippen MR) is 69.2 cm³/mol. The second-order valence-corrected chi connectivity index (χ2v) is 5.12. The second-order valence-electron chi connectivity index (χ2n) is 5.12. The van der Waals surface area contributed by atoms with E-state index < -0.39 is 12.8 Å². The molecule has 0 aromatic rings. The zero-order valence-corrected chi connectivity index (χ0v) is 11.8. The highest BCUT2D eigenvalue weighted by Crippen LogP contribution is 2.15. The lowest BCUT2D eigenvalue weighted by atomic mass is 10.0. The normalized spacial score (nSPS) is 25.7. The number of halogens is 3. The number of nitrogens with one attached hydrogen (secondary N) is 1. The van der Waals surface area contributed by atoms with Crippen molar-refractivity contribution in [3.63, 3.8) is 0 Å². The van der Waals surface area contributed by atoms with Crippen LogP contribution in [0.3, 0.4) is 0 Å². The Labute approximate surface area is 113 Å². The summed E-state index contributed by atoms with van der Waals surface area (Å²) in [6.07, 6.45) is -0.993. The number of hydrogen-bond donors (Lipinski definition) is 1. The van der Waals surface area contributed by atoms with Gasteiger partial charge in [-0.05, 0) is 12.8 Å². The lowest BCUT2D eigenvalue weighted by Gasteiger charge is -2.40. The zero-order chi connectivity index (χ0) is 14.3. The van der Waals surface area contributed by atoms with Gasteiger partial charge < -0.3 is 10.1 Å². The van der Waals surface area contributed by atoms with Gasteiger partial charge in [0, 0.05) is 31.7 Å². The Morgan fingerprint density at radius 2 is 2.05 bits per heavy atom. The van der Waals surface area contributed by atoms with E-state index in [9.17, 15) is 13.2 Å². The van der Waals surface area contributed by atoms with E-state index in [1.165, 1.54) is 0 Å². The third-order valence-corrected chi connectivity index (χ3v) is 3.51. The molecule has 0 saturated carbocycles. The molecule has 2 unspecified atom stereocenters. The molecule has 0 amide bonds. The molecule has 0 spiro atoms. The van der Waals surface area contributed by atoms with Crippen molar-refractivity contribution in [2.75, 3.05) is 32.8 Å². The van der Waals surface area contributed by atoms with Crippen LogP contribution in [-0.4, -0.2) is 56.0 Å². The van der Waals surface area contributed by atoms with Gasteiger partial charge in [0.2, 0.25) is 0 Å². The number of rotatable bonds is 7. The molecule has 1 saturated heterocycles. The van der Waals surface area contributed by atoms with E-state index >= 15 is 0 Å². The van der Waals surface area contributed by atoms with E-state index in [0.717, 1.165) is 32.4 Å². The smallest absolute Gasteiger partial charge is 0.371 e. The van der Waals surface area contributed by atoms with Crippen LogP contribution < -0.4 is 5.32 Å². The average molecular weight is 282 g/mol. The largest absolute Gasteiger partial charge is 0.411 e. The minimum absolute atomic E-state index is 0.148. The van der Waals surface area contributed by atoms with E-state index in [0.29, 0.717) is 18.6 Å². The van der Waals surface area contributed by atoms with E-state index in [2.05, 4.69) is 24.1 Å². The van der Waals surface area contributed by atoms with Crippen molar-refractivity contribution < 1.29 is 17.9 Å². The third kappa shape index (κ3) is 6.58. The van der Waals surface area contributed by atoms with Crippen molar-refractivity contribution >= 4 is 0 Å². The van der Waals surface area contributed by atoms with Crippen molar-refractivity contribution in [3.05, 3.63) is 0 Å². The van der Waals surface area contributed by atoms with Crippen LogP contribution in [0.4, 0.5) is 13.2 Å². The lowest BCUT2D eigenvalue weighted by Crippen LogP contribution is -2.56. The highest BCUT2D eigenvalue weighted by Gasteiger charge is 2.29. The summed E-state index contributed by atoms with van der Waals surface area (Å²) in [6.45, 7) is 5.65. The first-order valence-corrected chi connectivity index (χ1v) is 7.08. The molecule has 1 N–H and O–H groups in total. The van der Waals surface area contributed by atoms with Gasteiger partial charge in [0.1, 0.15) is 6.61 Å². The first-order chi connectivity index (χ1) is 8.96. The molecule has 0 aliphatic carbocycles. The Bertz CT molecular complexity index is 249. The fourth-order valence-corrected chi connectivity index (χ4v) is 2.52. The second kappa shape index (κ2) is 8.07. The lowest BCUT2D eigenvalue weighted by molar-refractivity contribution is -0.175. The van der Waals surface area contributed by atoms with Crippen molar-refractivity contribution in [1.29, 1.82) is 0 Å². The fraction of sp³-hybridized carbons (Fsp3) is 1.00. The van der Waals surface area contributed by atoms with Crippen LogP contribution in [0, 0.1) is 0 Å². The maximum Gasteiger partial charge on any atom is 0.411 e. The van der Waals surface area contributed by atoms with E-state index in [1.54, 1.807) is 0 Å². The number of nitrogens with zero attached hydrogens (tertiary/aromatic N) is 1. The Hall–Kier alpha value is -0.330. The SMILES string of the molecule is CCCC1CN(CCOCC(F)(F)F)C(CC)CN1. The number of ether oxygens (including phenoxy) is 1. The number of piperazine rings is 1. The fourth-order valence-electron chi connectivity index (χ4n) is 2.52. The summed E-state index contributed by atoms with van der Waals surface area (Å²) in [5, 5.41) is 3.50. The van der Waals surface area contributed by atoms with Crippen LogP contribution in [0.1, 0.15) is 33.1 Å². The van der Waals surface area contributed by atoms with Crippen LogP contribution in [0.5, 0.6) is 0 Å². The molecule has 1 rings (SSSR count). The van der Waals surface area contributed by atoms with Gasteiger partial charge in [-0.25, -0.2) is 0 Å². The van der Waals surface area contributed by atoms with Crippen molar-refractivity contribution in [2.24, 2.45) is 0 Å². The van der Waals surface area contributed by atoms with Gasteiger partial charge in [-0.1, -0.05) is 20.3 Å². The maximum absolute atomic E-state index is 12.0. The minimum atomic E-state index is -4.22. The van der Waals surface area contributed by atoms with Crippen molar-refractivity contribution in [2.45, 2.75) is 51.4 Å². The quantitative estimate of drug-likeness (QED) is 0.726. The molecule has 6 heteroatoms. The molecular formula is C13H25F3N2O. The molecule has 0 aromatic carbocycles. The average Bonchev–Trinajstić information content (AvgIpc) is 2.34. The van der Waals surface area contributed by atoms with E-state index in [1.807, 2.05) is 0 Å². The molecule has 2 atom stereocenters. The standard InChI is InChI=1S/C13H25F3N2O/c1-3-5-11-9-18(12(4-2)8-17-11)6-7-19-10-13(14,15)16/h11-12,17H,3-10H2,1-2H3. The zero-order valence-electron chi connectivity index (χ0n) is 11.8.